The Kier molecular flexibility index (Phi) is 5.84. The number of hydrogen-bond donors (Lipinski definition) is 0. The molecule has 1 nitrogen and oxygen atoms in total. The van der Waals surface area contributed by atoms with Crippen molar-refractivity contribution in [1.82, 2.24) is 0 Å². The molecule has 1 unspecified atom stereocenters. The maximum Gasteiger partial charge on any atom is 0.123 e. The van der Waals surface area contributed by atoms with Crippen molar-refractivity contribution in [2.24, 2.45) is 0 Å². The minimum atomic E-state index is -0.245. The maximum atomic E-state index is 13.0. The molecule has 106 valence electrons. The molecule has 1 atom stereocenters. The second kappa shape index (κ2) is 7.63. The molecule has 2 rings (SSSR count). The summed E-state index contributed by atoms with van der Waals surface area (Å²) in [5.41, 5.74) is 2.08. The quantitative estimate of drug-likeness (QED) is 0.546. The fourth-order valence-corrected chi connectivity index (χ4v) is 2.27. The van der Waals surface area contributed by atoms with Gasteiger partial charge in [-0.05, 0) is 35.4 Å². The van der Waals surface area contributed by atoms with Crippen molar-refractivity contribution in [3.63, 3.8) is 0 Å². The van der Waals surface area contributed by atoms with Crippen LogP contribution in [0.2, 0.25) is 5.02 Å². The first kappa shape index (κ1) is 15.3. The van der Waals surface area contributed by atoms with Crippen LogP contribution < -0.4 is 0 Å². The predicted octanol–water partition coefficient (Wildman–Crippen LogP) is 4.87. The molecule has 0 amide bonds. The summed E-state index contributed by atoms with van der Waals surface area (Å²) in [6.45, 7) is 0.993. The van der Waals surface area contributed by atoms with Crippen molar-refractivity contribution in [3.05, 3.63) is 70.5 Å². The SMILES string of the molecule is Fc1ccc(C(COCCCl)c2ccc(Cl)cc2)cc1. The summed E-state index contributed by atoms with van der Waals surface area (Å²) in [5, 5.41) is 0.688. The van der Waals surface area contributed by atoms with E-state index in [1.165, 1.54) is 12.1 Å². The van der Waals surface area contributed by atoms with E-state index in [-0.39, 0.29) is 11.7 Å². The van der Waals surface area contributed by atoms with Gasteiger partial charge < -0.3 is 4.74 Å². The molecule has 0 aliphatic carbocycles. The molecule has 0 aliphatic rings. The van der Waals surface area contributed by atoms with Gasteiger partial charge in [-0.25, -0.2) is 4.39 Å². The van der Waals surface area contributed by atoms with Crippen LogP contribution in [-0.2, 0) is 4.74 Å². The van der Waals surface area contributed by atoms with Crippen molar-refractivity contribution in [1.29, 1.82) is 0 Å². The van der Waals surface area contributed by atoms with Crippen molar-refractivity contribution in [2.75, 3.05) is 19.1 Å². The molecule has 0 aliphatic heterocycles. The van der Waals surface area contributed by atoms with E-state index in [2.05, 4.69) is 0 Å². The third kappa shape index (κ3) is 4.20. The summed E-state index contributed by atoms with van der Waals surface area (Å²) in [6.07, 6.45) is 0. The van der Waals surface area contributed by atoms with Crippen LogP contribution in [0, 0.1) is 5.82 Å². The standard InChI is InChI=1S/C16H15Cl2FO/c17-9-10-20-11-16(12-1-5-14(18)6-2-12)13-3-7-15(19)8-4-13/h1-8,16H,9-11H2. The van der Waals surface area contributed by atoms with Crippen LogP contribution in [0.15, 0.2) is 48.5 Å². The molecule has 0 aromatic heterocycles. The second-order valence-corrected chi connectivity index (χ2v) is 5.23. The fourth-order valence-electron chi connectivity index (χ4n) is 2.03. The molecule has 2 aromatic rings. The topological polar surface area (TPSA) is 9.23 Å². The van der Waals surface area contributed by atoms with Crippen LogP contribution in [0.4, 0.5) is 4.39 Å². The molecule has 4 heteroatoms. The minimum absolute atomic E-state index is 0.0380. The minimum Gasteiger partial charge on any atom is -0.379 e. The Morgan fingerprint density at radius 3 is 2.05 bits per heavy atom. The summed E-state index contributed by atoms with van der Waals surface area (Å²) in [4.78, 5) is 0. The third-order valence-corrected chi connectivity index (χ3v) is 3.46. The van der Waals surface area contributed by atoms with Crippen molar-refractivity contribution in [3.8, 4) is 0 Å². The number of hydrogen-bond acceptors (Lipinski definition) is 1. The van der Waals surface area contributed by atoms with Crippen LogP contribution in [-0.4, -0.2) is 19.1 Å². The second-order valence-electron chi connectivity index (χ2n) is 4.42. The lowest BCUT2D eigenvalue weighted by Gasteiger charge is -2.18. The highest BCUT2D eigenvalue weighted by Crippen LogP contribution is 2.26. The smallest absolute Gasteiger partial charge is 0.123 e. The summed E-state index contributed by atoms with van der Waals surface area (Å²) < 4.78 is 18.6. The highest BCUT2D eigenvalue weighted by molar-refractivity contribution is 6.30. The van der Waals surface area contributed by atoms with Crippen molar-refractivity contribution < 1.29 is 9.13 Å². The van der Waals surface area contributed by atoms with Gasteiger partial charge >= 0.3 is 0 Å². The van der Waals surface area contributed by atoms with Gasteiger partial charge in [0.1, 0.15) is 5.82 Å². The normalized spacial score (nSPS) is 12.3. The van der Waals surface area contributed by atoms with E-state index in [1.54, 1.807) is 12.1 Å². The molecule has 0 fully saturated rings. The number of ether oxygens (including phenoxy) is 1. The third-order valence-electron chi connectivity index (χ3n) is 3.05. The maximum absolute atomic E-state index is 13.0. The van der Waals surface area contributed by atoms with Crippen LogP contribution in [0.25, 0.3) is 0 Å². The van der Waals surface area contributed by atoms with Gasteiger partial charge in [0.25, 0.3) is 0 Å². The Bertz CT molecular complexity index is 480. The van der Waals surface area contributed by atoms with E-state index in [4.69, 9.17) is 27.9 Å². The lowest BCUT2D eigenvalue weighted by molar-refractivity contribution is 0.142. The van der Waals surface area contributed by atoms with E-state index in [0.717, 1.165) is 11.1 Å². The van der Waals surface area contributed by atoms with Gasteiger partial charge in [0.05, 0.1) is 13.2 Å². The zero-order valence-electron chi connectivity index (χ0n) is 10.9. The summed E-state index contributed by atoms with van der Waals surface area (Å²) in [7, 11) is 0. The average molecular weight is 313 g/mol. The molecule has 0 saturated heterocycles. The lowest BCUT2D eigenvalue weighted by Crippen LogP contribution is -2.11. The van der Waals surface area contributed by atoms with E-state index in [9.17, 15) is 4.39 Å². The summed E-state index contributed by atoms with van der Waals surface area (Å²) in [6, 6.07) is 14.1. The average Bonchev–Trinajstić information content (AvgIpc) is 2.46. The Balaban J connectivity index is 2.23. The van der Waals surface area contributed by atoms with Gasteiger partial charge in [-0.1, -0.05) is 35.9 Å². The first-order chi connectivity index (χ1) is 9.70. The van der Waals surface area contributed by atoms with Crippen molar-refractivity contribution in [2.45, 2.75) is 5.92 Å². The highest BCUT2D eigenvalue weighted by Gasteiger charge is 2.14. The summed E-state index contributed by atoms with van der Waals surface area (Å²) in [5.74, 6) is 0.248. The van der Waals surface area contributed by atoms with E-state index >= 15 is 0 Å². The zero-order valence-corrected chi connectivity index (χ0v) is 12.4. The molecule has 0 radical (unpaired) electrons. The molecular formula is C16H15Cl2FO. The van der Waals surface area contributed by atoms with Gasteiger partial charge in [0.15, 0.2) is 0 Å². The molecule has 2 aromatic carbocycles. The number of benzene rings is 2. The summed E-state index contributed by atoms with van der Waals surface area (Å²) >= 11 is 11.5. The molecule has 0 N–H and O–H groups in total. The van der Waals surface area contributed by atoms with Gasteiger partial charge in [-0.2, -0.15) is 0 Å². The predicted molar refractivity (Wildman–Crippen MR) is 81.2 cm³/mol. The molecule has 0 saturated carbocycles. The number of rotatable bonds is 6. The Hall–Kier alpha value is -1.09. The highest BCUT2D eigenvalue weighted by atomic mass is 35.5. The van der Waals surface area contributed by atoms with Crippen LogP contribution in [0.5, 0.6) is 0 Å². The van der Waals surface area contributed by atoms with Gasteiger partial charge in [-0.3, -0.25) is 0 Å². The van der Waals surface area contributed by atoms with Crippen LogP contribution >= 0.6 is 23.2 Å². The fraction of sp³-hybridized carbons (Fsp3) is 0.250. The molecule has 0 bridgehead atoms. The monoisotopic (exact) mass is 312 g/mol. The molecular weight excluding hydrogens is 298 g/mol. The molecule has 0 spiro atoms. The molecule has 0 heterocycles. The van der Waals surface area contributed by atoms with Crippen LogP contribution in [0.3, 0.4) is 0 Å². The Morgan fingerprint density at radius 1 is 0.950 bits per heavy atom. The van der Waals surface area contributed by atoms with E-state index in [1.807, 2.05) is 24.3 Å². The number of alkyl halides is 1. The Morgan fingerprint density at radius 2 is 1.50 bits per heavy atom. The van der Waals surface area contributed by atoms with Crippen LogP contribution in [0.1, 0.15) is 17.0 Å². The first-order valence-corrected chi connectivity index (χ1v) is 7.26. The Labute approximate surface area is 128 Å². The van der Waals surface area contributed by atoms with Gasteiger partial charge in [0.2, 0.25) is 0 Å². The largest absolute Gasteiger partial charge is 0.379 e. The van der Waals surface area contributed by atoms with E-state index in [0.29, 0.717) is 24.1 Å². The lowest BCUT2D eigenvalue weighted by atomic mass is 9.92. The van der Waals surface area contributed by atoms with Crippen molar-refractivity contribution >= 4 is 23.2 Å². The first-order valence-electron chi connectivity index (χ1n) is 6.35. The van der Waals surface area contributed by atoms with Gasteiger partial charge in [-0.15, -0.1) is 11.6 Å². The van der Waals surface area contributed by atoms with Gasteiger partial charge in [0, 0.05) is 16.8 Å². The van der Waals surface area contributed by atoms with E-state index < -0.39 is 0 Å². The zero-order chi connectivity index (χ0) is 14.4. The molecule has 20 heavy (non-hydrogen) atoms. The number of halogens is 3.